The van der Waals surface area contributed by atoms with Crippen LogP contribution in [0.2, 0.25) is 5.02 Å². The van der Waals surface area contributed by atoms with E-state index < -0.39 is 6.09 Å². The maximum atomic E-state index is 11.3. The van der Waals surface area contributed by atoms with E-state index in [-0.39, 0.29) is 13.2 Å². The summed E-state index contributed by atoms with van der Waals surface area (Å²) < 4.78 is 4.76. The normalized spacial score (nSPS) is 9.94. The zero-order valence-electron chi connectivity index (χ0n) is 9.02. The van der Waals surface area contributed by atoms with Gasteiger partial charge in [0.15, 0.2) is 0 Å². The minimum atomic E-state index is -0.455. The lowest BCUT2D eigenvalue weighted by molar-refractivity contribution is 0.0894. The Morgan fingerprint density at radius 1 is 1.44 bits per heavy atom. The van der Waals surface area contributed by atoms with Crippen molar-refractivity contribution >= 4 is 17.7 Å². The van der Waals surface area contributed by atoms with Crippen LogP contribution in [0.15, 0.2) is 24.3 Å². The Morgan fingerprint density at radius 3 is 2.62 bits per heavy atom. The summed E-state index contributed by atoms with van der Waals surface area (Å²) in [5.74, 6) is 0. The van der Waals surface area contributed by atoms with E-state index in [1.807, 2.05) is 12.1 Å². The number of rotatable bonds is 4. The van der Waals surface area contributed by atoms with Crippen LogP contribution in [0.5, 0.6) is 0 Å². The molecule has 0 saturated heterocycles. The maximum Gasteiger partial charge on any atom is 0.409 e. The molecule has 5 heteroatoms. The molecule has 4 nitrogen and oxygen atoms in total. The molecule has 0 saturated carbocycles. The van der Waals surface area contributed by atoms with Crippen molar-refractivity contribution in [3.8, 4) is 0 Å². The van der Waals surface area contributed by atoms with E-state index in [0.29, 0.717) is 11.6 Å². The van der Waals surface area contributed by atoms with Gasteiger partial charge in [0.2, 0.25) is 0 Å². The Morgan fingerprint density at radius 2 is 2.06 bits per heavy atom. The first-order valence-corrected chi connectivity index (χ1v) is 5.24. The first-order chi connectivity index (χ1) is 7.63. The highest BCUT2D eigenvalue weighted by Crippen LogP contribution is 2.11. The Labute approximate surface area is 99.4 Å². The van der Waals surface area contributed by atoms with Gasteiger partial charge in [0, 0.05) is 18.6 Å². The zero-order chi connectivity index (χ0) is 12.0. The van der Waals surface area contributed by atoms with Crippen LogP contribution in [-0.4, -0.2) is 36.4 Å². The van der Waals surface area contributed by atoms with Crippen molar-refractivity contribution in [1.29, 1.82) is 0 Å². The molecule has 0 heterocycles. The van der Waals surface area contributed by atoms with E-state index in [4.69, 9.17) is 21.4 Å². The van der Waals surface area contributed by atoms with Gasteiger partial charge in [-0.1, -0.05) is 23.7 Å². The number of carbonyl (C=O) groups is 1. The average Bonchev–Trinajstić information content (AvgIpc) is 2.29. The van der Waals surface area contributed by atoms with Gasteiger partial charge in [0.25, 0.3) is 0 Å². The van der Waals surface area contributed by atoms with Crippen LogP contribution < -0.4 is 0 Å². The Bertz CT molecular complexity index is 340. The Balaban J connectivity index is 2.47. The number of hydrogen-bond acceptors (Lipinski definition) is 3. The molecule has 0 atom stereocenters. The van der Waals surface area contributed by atoms with Crippen LogP contribution in [-0.2, 0) is 11.3 Å². The summed E-state index contributed by atoms with van der Waals surface area (Å²) in [6.07, 6.45) is -0.455. The smallest absolute Gasteiger partial charge is 0.409 e. The lowest BCUT2D eigenvalue weighted by atomic mass is 10.2. The first kappa shape index (κ1) is 12.8. The molecular weight excluding hydrogens is 230 g/mol. The summed E-state index contributed by atoms with van der Waals surface area (Å²) >= 11 is 5.75. The average molecular weight is 244 g/mol. The molecule has 0 aliphatic carbocycles. The molecule has 0 spiro atoms. The fourth-order valence-electron chi connectivity index (χ4n) is 1.17. The minimum Gasteiger partial charge on any atom is -0.447 e. The third-order valence-electron chi connectivity index (χ3n) is 1.96. The summed E-state index contributed by atoms with van der Waals surface area (Å²) in [5, 5.41) is 9.17. The number of ether oxygens (including phenoxy) is 1. The van der Waals surface area contributed by atoms with Crippen LogP contribution >= 0.6 is 11.6 Å². The summed E-state index contributed by atoms with van der Waals surface area (Å²) in [6.45, 7) is 0.297. The molecule has 16 heavy (non-hydrogen) atoms. The fourth-order valence-corrected chi connectivity index (χ4v) is 1.30. The molecule has 0 fully saturated rings. The Kier molecular flexibility index (Phi) is 5.08. The van der Waals surface area contributed by atoms with Crippen LogP contribution in [0.3, 0.4) is 0 Å². The molecule has 1 N–H and O–H groups in total. The van der Waals surface area contributed by atoms with E-state index in [1.165, 1.54) is 4.90 Å². The van der Waals surface area contributed by atoms with Crippen molar-refractivity contribution in [2.24, 2.45) is 0 Å². The molecule has 0 unspecified atom stereocenters. The van der Waals surface area contributed by atoms with Gasteiger partial charge in [0.05, 0.1) is 6.61 Å². The molecule has 0 aliphatic heterocycles. The lowest BCUT2D eigenvalue weighted by Crippen LogP contribution is -2.27. The topological polar surface area (TPSA) is 49.8 Å². The molecular formula is C11H14ClNO3. The fraction of sp³-hybridized carbons (Fsp3) is 0.364. The molecule has 0 aromatic heterocycles. The molecule has 0 aliphatic rings. The van der Waals surface area contributed by atoms with E-state index in [1.54, 1.807) is 19.2 Å². The van der Waals surface area contributed by atoms with Crippen molar-refractivity contribution in [1.82, 2.24) is 4.90 Å². The van der Waals surface area contributed by atoms with E-state index in [0.717, 1.165) is 5.56 Å². The van der Waals surface area contributed by atoms with E-state index in [9.17, 15) is 4.79 Å². The second-order valence-electron chi connectivity index (χ2n) is 3.32. The van der Waals surface area contributed by atoms with Crippen LogP contribution in [0.4, 0.5) is 4.79 Å². The van der Waals surface area contributed by atoms with Gasteiger partial charge in [-0.3, -0.25) is 0 Å². The minimum absolute atomic E-state index is 0.0176. The molecule has 1 aromatic carbocycles. The quantitative estimate of drug-likeness (QED) is 0.879. The van der Waals surface area contributed by atoms with Crippen molar-refractivity contribution in [3.05, 3.63) is 34.9 Å². The van der Waals surface area contributed by atoms with Crippen LogP contribution in [0.25, 0.3) is 0 Å². The summed E-state index contributed by atoms with van der Waals surface area (Å²) in [4.78, 5) is 12.8. The summed E-state index contributed by atoms with van der Waals surface area (Å²) in [6, 6.07) is 7.23. The van der Waals surface area contributed by atoms with Gasteiger partial charge in [-0.2, -0.15) is 0 Å². The molecule has 1 aromatic rings. The molecule has 1 rings (SSSR count). The summed E-state index contributed by atoms with van der Waals surface area (Å²) in [5.41, 5.74) is 0.966. The number of aliphatic hydroxyl groups excluding tert-OH is 1. The third kappa shape index (κ3) is 4.08. The number of amides is 1. The van der Waals surface area contributed by atoms with Gasteiger partial charge in [-0.05, 0) is 17.7 Å². The van der Waals surface area contributed by atoms with Gasteiger partial charge in [-0.15, -0.1) is 0 Å². The second-order valence-corrected chi connectivity index (χ2v) is 3.76. The zero-order valence-corrected chi connectivity index (χ0v) is 9.78. The number of carbonyl (C=O) groups excluding carboxylic acids is 1. The van der Waals surface area contributed by atoms with Crippen LogP contribution in [0, 0.1) is 0 Å². The van der Waals surface area contributed by atoms with Gasteiger partial charge in [0.1, 0.15) is 6.61 Å². The van der Waals surface area contributed by atoms with Crippen LogP contribution in [0.1, 0.15) is 5.56 Å². The highest BCUT2D eigenvalue weighted by molar-refractivity contribution is 6.30. The predicted molar refractivity (Wildman–Crippen MR) is 61.4 cm³/mol. The Hall–Kier alpha value is -1.26. The number of aliphatic hydroxyl groups is 1. The van der Waals surface area contributed by atoms with Crippen molar-refractivity contribution in [2.45, 2.75) is 6.54 Å². The molecule has 1 amide bonds. The SMILES string of the molecule is CN(Cc1ccc(Cl)cc1)C(=O)OCCO. The third-order valence-corrected chi connectivity index (χ3v) is 2.21. The highest BCUT2D eigenvalue weighted by atomic mass is 35.5. The number of halogens is 1. The van der Waals surface area contributed by atoms with Gasteiger partial charge < -0.3 is 14.7 Å². The van der Waals surface area contributed by atoms with Crippen molar-refractivity contribution in [2.75, 3.05) is 20.3 Å². The molecule has 88 valence electrons. The highest BCUT2D eigenvalue weighted by Gasteiger charge is 2.09. The first-order valence-electron chi connectivity index (χ1n) is 4.86. The maximum absolute atomic E-state index is 11.3. The van der Waals surface area contributed by atoms with E-state index >= 15 is 0 Å². The molecule has 0 radical (unpaired) electrons. The van der Waals surface area contributed by atoms with E-state index in [2.05, 4.69) is 0 Å². The standard InChI is InChI=1S/C11H14ClNO3/c1-13(11(15)16-7-6-14)8-9-2-4-10(12)5-3-9/h2-5,14H,6-8H2,1H3. The van der Waals surface area contributed by atoms with Crippen molar-refractivity contribution < 1.29 is 14.6 Å². The second kappa shape index (κ2) is 6.35. The largest absolute Gasteiger partial charge is 0.447 e. The predicted octanol–water partition coefficient (Wildman–Crippen LogP) is 1.90. The number of nitrogens with zero attached hydrogens (tertiary/aromatic N) is 1. The van der Waals surface area contributed by atoms with Crippen molar-refractivity contribution in [3.63, 3.8) is 0 Å². The van der Waals surface area contributed by atoms with Gasteiger partial charge in [-0.25, -0.2) is 4.79 Å². The lowest BCUT2D eigenvalue weighted by Gasteiger charge is -2.16. The summed E-state index contributed by atoms with van der Waals surface area (Å²) in [7, 11) is 1.63. The number of hydrogen-bond donors (Lipinski definition) is 1. The molecule has 0 bridgehead atoms. The number of benzene rings is 1. The monoisotopic (exact) mass is 243 g/mol. The van der Waals surface area contributed by atoms with Gasteiger partial charge >= 0.3 is 6.09 Å².